The highest BCUT2D eigenvalue weighted by Crippen LogP contribution is 2.31. The van der Waals surface area contributed by atoms with E-state index in [-0.39, 0.29) is 11.5 Å². The van der Waals surface area contributed by atoms with Gasteiger partial charge in [-0.3, -0.25) is 4.79 Å². The van der Waals surface area contributed by atoms with Gasteiger partial charge in [0.2, 0.25) is 0 Å². The molecule has 0 aliphatic heterocycles. The molecule has 0 fully saturated rings. The van der Waals surface area contributed by atoms with E-state index in [1.807, 2.05) is 36.4 Å². The van der Waals surface area contributed by atoms with Crippen molar-refractivity contribution in [3.63, 3.8) is 0 Å². The molecule has 5 heteroatoms. The third kappa shape index (κ3) is 3.38. The van der Waals surface area contributed by atoms with Crippen molar-refractivity contribution in [2.24, 2.45) is 0 Å². The van der Waals surface area contributed by atoms with Crippen LogP contribution in [-0.2, 0) is 4.74 Å². The number of esters is 1. The number of hydrogen-bond donors (Lipinski definition) is 1. The number of amides is 1. The number of ether oxygens (including phenoxy) is 1. The third-order valence-electron chi connectivity index (χ3n) is 4.42. The fraction of sp³-hybridized carbons (Fsp3) is 0.0435. The molecule has 0 spiro atoms. The van der Waals surface area contributed by atoms with Crippen molar-refractivity contribution in [1.82, 2.24) is 0 Å². The van der Waals surface area contributed by atoms with Crippen molar-refractivity contribution in [3.8, 4) is 11.3 Å². The summed E-state index contributed by atoms with van der Waals surface area (Å²) in [6, 6.07) is 23.5. The van der Waals surface area contributed by atoms with Crippen molar-refractivity contribution in [1.29, 1.82) is 0 Å². The Bertz CT molecular complexity index is 1130. The number of carbonyl (C=O) groups is 2. The van der Waals surface area contributed by atoms with Crippen LogP contribution < -0.4 is 5.32 Å². The quantitative estimate of drug-likeness (QED) is 0.505. The Kier molecular flexibility index (Phi) is 4.64. The first-order valence-electron chi connectivity index (χ1n) is 8.73. The van der Waals surface area contributed by atoms with Gasteiger partial charge in [-0.2, -0.15) is 0 Å². The van der Waals surface area contributed by atoms with Crippen molar-refractivity contribution in [2.45, 2.75) is 0 Å². The summed E-state index contributed by atoms with van der Waals surface area (Å²) in [5, 5.41) is 3.78. The zero-order valence-corrected chi connectivity index (χ0v) is 15.1. The molecule has 138 valence electrons. The summed E-state index contributed by atoms with van der Waals surface area (Å²) >= 11 is 0. The first-order valence-corrected chi connectivity index (χ1v) is 8.73. The van der Waals surface area contributed by atoms with Gasteiger partial charge in [0.1, 0.15) is 11.3 Å². The summed E-state index contributed by atoms with van der Waals surface area (Å²) < 4.78 is 10.7. The van der Waals surface area contributed by atoms with Crippen molar-refractivity contribution in [3.05, 3.63) is 90.0 Å². The smallest absolute Gasteiger partial charge is 0.339 e. The minimum atomic E-state index is -0.528. The van der Waals surface area contributed by atoms with Crippen LogP contribution in [0.3, 0.4) is 0 Å². The van der Waals surface area contributed by atoms with Crippen molar-refractivity contribution < 1.29 is 18.7 Å². The Balaban J connectivity index is 1.75. The zero-order valence-electron chi connectivity index (χ0n) is 15.1. The van der Waals surface area contributed by atoms with Gasteiger partial charge in [-0.15, -0.1) is 0 Å². The number of methoxy groups -OCH3 is 1. The standard InChI is InChI=1S/C23H17NO4/c1-27-23(26)18-12-11-17(21-14-16-9-5-6-10-20(16)28-21)13-19(18)24-22(25)15-7-3-2-4-8-15/h2-14H,1H3,(H,24,25). The van der Waals surface area contributed by atoms with Crippen LogP contribution in [0, 0.1) is 0 Å². The first-order chi connectivity index (χ1) is 13.7. The summed E-state index contributed by atoms with van der Waals surface area (Å²) in [6.07, 6.45) is 0. The molecule has 0 unspecified atom stereocenters. The van der Waals surface area contributed by atoms with Gasteiger partial charge in [0, 0.05) is 16.5 Å². The lowest BCUT2D eigenvalue weighted by molar-refractivity contribution is 0.0602. The molecule has 5 nitrogen and oxygen atoms in total. The van der Waals surface area contributed by atoms with Crippen molar-refractivity contribution in [2.75, 3.05) is 12.4 Å². The Hall–Kier alpha value is -3.86. The molecular formula is C23H17NO4. The van der Waals surface area contributed by atoms with Gasteiger partial charge in [-0.05, 0) is 36.4 Å². The molecule has 4 rings (SSSR count). The van der Waals surface area contributed by atoms with Crippen LogP contribution in [0.5, 0.6) is 0 Å². The summed E-state index contributed by atoms with van der Waals surface area (Å²) in [5.74, 6) is -0.195. The fourth-order valence-electron chi connectivity index (χ4n) is 3.00. The minimum Gasteiger partial charge on any atom is -0.465 e. The summed E-state index contributed by atoms with van der Waals surface area (Å²) in [6.45, 7) is 0. The van der Waals surface area contributed by atoms with Gasteiger partial charge in [-0.1, -0.05) is 42.5 Å². The largest absolute Gasteiger partial charge is 0.465 e. The topological polar surface area (TPSA) is 68.5 Å². The fourth-order valence-corrected chi connectivity index (χ4v) is 3.00. The number of benzene rings is 3. The molecule has 0 atom stereocenters. The molecule has 1 amide bonds. The highest BCUT2D eigenvalue weighted by atomic mass is 16.5. The maximum Gasteiger partial charge on any atom is 0.339 e. The van der Waals surface area contributed by atoms with E-state index in [0.717, 1.165) is 16.5 Å². The predicted octanol–water partition coefficient (Wildman–Crippen LogP) is 5.14. The monoisotopic (exact) mass is 371 g/mol. The highest BCUT2D eigenvalue weighted by molar-refractivity contribution is 6.08. The predicted molar refractivity (Wildman–Crippen MR) is 107 cm³/mol. The van der Waals surface area contributed by atoms with Crippen LogP contribution in [0.25, 0.3) is 22.3 Å². The van der Waals surface area contributed by atoms with E-state index in [2.05, 4.69) is 5.32 Å². The van der Waals surface area contributed by atoms with E-state index in [4.69, 9.17) is 9.15 Å². The van der Waals surface area contributed by atoms with Crippen LogP contribution >= 0.6 is 0 Å². The lowest BCUT2D eigenvalue weighted by Gasteiger charge is -2.11. The van der Waals surface area contributed by atoms with E-state index in [1.165, 1.54) is 7.11 Å². The van der Waals surface area contributed by atoms with E-state index >= 15 is 0 Å². The number of para-hydroxylation sites is 1. The van der Waals surface area contributed by atoms with Crippen LogP contribution in [0.1, 0.15) is 20.7 Å². The molecule has 1 heterocycles. The molecule has 0 aliphatic carbocycles. The van der Waals surface area contributed by atoms with Gasteiger partial charge in [0.15, 0.2) is 0 Å². The van der Waals surface area contributed by atoms with E-state index in [1.54, 1.807) is 42.5 Å². The molecule has 28 heavy (non-hydrogen) atoms. The average Bonchev–Trinajstić information content (AvgIpc) is 3.18. The second-order valence-electron chi connectivity index (χ2n) is 6.22. The molecule has 3 aromatic carbocycles. The lowest BCUT2D eigenvalue weighted by atomic mass is 10.1. The van der Waals surface area contributed by atoms with Crippen LogP contribution in [0.4, 0.5) is 5.69 Å². The summed E-state index contributed by atoms with van der Waals surface area (Å²) in [5.41, 5.74) is 2.63. The molecule has 0 radical (unpaired) electrons. The maximum absolute atomic E-state index is 12.6. The number of rotatable bonds is 4. The molecule has 0 saturated heterocycles. The van der Waals surface area contributed by atoms with Gasteiger partial charge in [-0.25, -0.2) is 4.79 Å². The number of carbonyl (C=O) groups excluding carboxylic acids is 2. The summed E-state index contributed by atoms with van der Waals surface area (Å²) in [7, 11) is 1.30. The van der Waals surface area contributed by atoms with Gasteiger partial charge >= 0.3 is 5.97 Å². The molecular weight excluding hydrogens is 354 g/mol. The normalized spacial score (nSPS) is 10.6. The molecule has 0 bridgehead atoms. The zero-order chi connectivity index (χ0) is 19.5. The van der Waals surface area contributed by atoms with Crippen LogP contribution in [0.15, 0.2) is 83.3 Å². The number of fused-ring (bicyclic) bond motifs is 1. The van der Waals surface area contributed by atoms with Crippen LogP contribution in [0.2, 0.25) is 0 Å². The second kappa shape index (κ2) is 7.40. The Morgan fingerprint density at radius 3 is 2.39 bits per heavy atom. The molecule has 1 aromatic heterocycles. The van der Waals surface area contributed by atoms with Gasteiger partial charge in [0.25, 0.3) is 5.91 Å². The number of anilines is 1. The highest BCUT2D eigenvalue weighted by Gasteiger charge is 2.17. The summed E-state index contributed by atoms with van der Waals surface area (Å²) in [4.78, 5) is 24.7. The molecule has 4 aromatic rings. The third-order valence-corrected chi connectivity index (χ3v) is 4.42. The number of nitrogens with one attached hydrogen (secondary N) is 1. The SMILES string of the molecule is COC(=O)c1ccc(-c2cc3ccccc3o2)cc1NC(=O)c1ccccc1. The molecule has 0 aliphatic rings. The van der Waals surface area contributed by atoms with E-state index in [0.29, 0.717) is 17.0 Å². The lowest BCUT2D eigenvalue weighted by Crippen LogP contribution is -2.15. The first kappa shape index (κ1) is 17.5. The minimum absolute atomic E-state index is 0.270. The second-order valence-corrected chi connectivity index (χ2v) is 6.22. The van der Waals surface area contributed by atoms with E-state index in [9.17, 15) is 9.59 Å². The molecule has 0 saturated carbocycles. The average molecular weight is 371 g/mol. The van der Waals surface area contributed by atoms with Crippen molar-refractivity contribution >= 4 is 28.5 Å². The Morgan fingerprint density at radius 2 is 1.64 bits per heavy atom. The Labute approximate surface area is 161 Å². The number of hydrogen-bond acceptors (Lipinski definition) is 4. The Morgan fingerprint density at radius 1 is 0.893 bits per heavy atom. The molecule has 1 N–H and O–H groups in total. The maximum atomic E-state index is 12.6. The van der Waals surface area contributed by atoms with Crippen LogP contribution in [-0.4, -0.2) is 19.0 Å². The van der Waals surface area contributed by atoms with Gasteiger partial charge < -0.3 is 14.5 Å². The van der Waals surface area contributed by atoms with Gasteiger partial charge in [0.05, 0.1) is 18.4 Å². The van der Waals surface area contributed by atoms with E-state index < -0.39 is 5.97 Å². The number of furan rings is 1.